The van der Waals surface area contributed by atoms with Crippen molar-refractivity contribution in [2.45, 2.75) is 6.61 Å². The molecule has 0 aliphatic heterocycles. The zero-order chi connectivity index (χ0) is 11.8. The number of nitrogens with zero attached hydrogens (tertiary/aromatic N) is 1. The summed E-state index contributed by atoms with van der Waals surface area (Å²) >= 11 is 0. The molecule has 0 aliphatic rings. The van der Waals surface area contributed by atoms with E-state index in [1.54, 1.807) is 6.20 Å². The van der Waals surface area contributed by atoms with E-state index in [0.29, 0.717) is 25.7 Å². The SMILES string of the molecule is c1ccc(COCCOc2ccccn2)cc1. The fourth-order valence-electron chi connectivity index (χ4n) is 1.40. The highest BCUT2D eigenvalue weighted by atomic mass is 16.5. The molecule has 3 heteroatoms. The van der Waals surface area contributed by atoms with Gasteiger partial charge in [-0.1, -0.05) is 36.4 Å². The zero-order valence-corrected chi connectivity index (χ0v) is 9.58. The smallest absolute Gasteiger partial charge is 0.213 e. The molecular weight excluding hydrogens is 214 g/mol. The summed E-state index contributed by atoms with van der Waals surface area (Å²) in [5.41, 5.74) is 1.17. The van der Waals surface area contributed by atoms with E-state index in [9.17, 15) is 0 Å². The summed E-state index contributed by atoms with van der Waals surface area (Å²) in [6, 6.07) is 15.7. The van der Waals surface area contributed by atoms with Crippen LogP contribution in [0.2, 0.25) is 0 Å². The molecule has 0 unspecified atom stereocenters. The van der Waals surface area contributed by atoms with Crippen molar-refractivity contribution in [1.29, 1.82) is 0 Å². The Morgan fingerprint density at radius 3 is 2.47 bits per heavy atom. The van der Waals surface area contributed by atoms with E-state index in [1.165, 1.54) is 5.56 Å². The number of rotatable bonds is 6. The third-order valence-corrected chi connectivity index (χ3v) is 2.23. The third kappa shape index (κ3) is 4.25. The first-order valence-electron chi connectivity index (χ1n) is 5.60. The van der Waals surface area contributed by atoms with Crippen molar-refractivity contribution in [1.82, 2.24) is 4.98 Å². The molecule has 0 fully saturated rings. The summed E-state index contributed by atoms with van der Waals surface area (Å²) in [7, 11) is 0. The van der Waals surface area contributed by atoms with E-state index in [1.807, 2.05) is 48.5 Å². The van der Waals surface area contributed by atoms with E-state index in [2.05, 4.69) is 4.98 Å². The molecule has 17 heavy (non-hydrogen) atoms. The largest absolute Gasteiger partial charge is 0.475 e. The summed E-state index contributed by atoms with van der Waals surface area (Å²) in [5.74, 6) is 0.635. The van der Waals surface area contributed by atoms with Gasteiger partial charge < -0.3 is 9.47 Å². The van der Waals surface area contributed by atoms with Crippen molar-refractivity contribution < 1.29 is 9.47 Å². The average molecular weight is 229 g/mol. The van der Waals surface area contributed by atoms with Crippen LogP contribution in [0, 0.1) is 0 Å². The Morgan fingerprint density at radius 1 is 0.882 bits per heavy atom. The highest BCUT2D eigenvalue weighted by Gasteiger charge is 1.94. The molecule has 0 atom stereocenters. The lowest BCUT2D eigenvalue weighted by atomic mass is 10.2. The van der Waals surface area contributed by atoms with Gasteiger partial charge in [0.2, 0.25) is 5.88 Å². The van der Waals surface area contributed by atoms with Crippen molar-refractivity contribution in [3.05, 3.63) is 60.3 Å². The Kier molecular flexibility index (Phi) is 4.55. The lowest BCUT2D eigenvalue weighted by Crippen LogP contribution is -2.07. The molecule has 1 aromatic carbocycles. The summed E-state index contributed by atoms with van der Waals surface area (Å²) in [4.78, 5) is 4.06. The Bertz CT molecular complexity index is 375. The second-order valence-electron chi connectivity index (χ2n) is 3.55. The fraction of sp³-hybridized carbons (Fsp3) is 0.214. The second-order valence-corrected chi connectivity index (χ2v) is 3.55. The maximum absolute atomic E-state index is 5.49. The van der Waals surface area contributed by atoms with E-state index >= 15 is 0 Å². The molecule has 88 valence electrons. The minimum atomic E-state index is 0.518. The first-order chi connectivity index (χ1) is 8.45. The van der Waals surface area contributed by atoms with Gasteiger partial charge in [-0.25, -0.2) is 4.98 Å². The molecule has 0 N–H and O–H groups in total. The molecule has 0 saturated heterocycles. The Hall–Kier alpha value is -1.87. The van der Waals surface area contributed by atoms with Crippen molar-refractivity contribution in [3.63, 3.8) is 0 Å². The van der Waals surface area contributed by atoms with Gasteiger partial charge in [0, 0.05) is 12.3 Å². The quantitative estimate of drug-likeness (QED) is 0.714. The molecule has 1 heterocycles. The predicted molar refractivity (Wildman–Crippen MR) is 65.8 cm³/mol. The minimum absolute atomic E-state index is 0.518. The van der Waals surface area contributed by atoms with Gasteiger partial charge in [0.1, 0.15) is 6.61 Å². The molecule has 0 saturated carbocycles. The highest BCUT2D eigenvalue weighted by molar-refractivity contribution is 5.13. The van der Waals surface area contributed by atoms with Crippen LogP contribution in [-0.4, -0.2) is 18.2 Å². The molecule has 2 rings (SSSR count). The third-order valence-electron chi connectivity index (χ3n) is 2.23. The van der Waals surface area contributed by atoms with Crippen LogP contribution in [0.5, 0.6) is 5.88 Å². The summed E-state index contributed by atoms with van der Waals surface area (Å²) in [6.45, 7) is 1.70. The van der Waals surface area contributed by atoms with Gasteiger partial charge in [0.25, 0.3) is 0 Å². The summed E-state index contributed by atoms with van der Waals surface area (Å²) in [5, 5.41) is 0. The predicted octanol–water partition coefficient (Wildman–Crippen LogP) is 2.68. The van der Waals surface area contributed by atoms with Crippen molar-refractivity contribution in [2.75, 3.05) is 13.2 Å². The maximum atomic E-state index is 5.49. The maximum Gasteiger partial charge on any atom is 0.213 e. The van der Waals surface area contributed by atoms with Crippen LogP contribution in [0.4, 0.5) is 0 Å². The zero-order valence-electron chi connectivity index (χ0n) is 9.58. The lowest BCUT2D eigenvalue weighted by Gasteiger charge is -2.06. The number of ether oxygens (including phenoxy) is 2. The molecule has 3 nitrogen and oxygen atoms in total. The van der Waals surface area contributed by atoms with Gasteiger partial charge in [-0.05, 0) is 11.6 Å². The number of pyridine rings is 1. The van der Waals surface area contributed by atoms with Gasteiger partial charge in [0.05, 0.1) is 13.2 Å². The molecule has 0 amide bonds. The van der Waals surface area contributed by atoms with E-state index in [4.69, 9.17) is 9.47 Å². The van der Waals surface area contributed by atoms with Gasteiger partial charge in [-0.15, -0.1) is 0 Å². The summed E-state index contributed by atoms with van der Waals surface area (Å²) < 4.78 is 10.9. The van der Waals surface area contributed by atoms with Crippen molar-refractivity contribution in [3.8, 4) is 5.88 Å². The van der Waals surface area contributed by atoms with Crippen LogP contribution in [0.1, 0.15) is 5.56 Å². The van der Waals surface area contributed by atoms with Crippen LogP contribution >= 0.6 is 0 Å². The first-order valence-corrected chi connectivity index (χ1v) is 5.60. The number of hydrogen-bond acceptors (Lipinski definition) is 3. The molecule has 0 spiro atoms. The Balaban J connectivity index is 1.61. The number of aromatic nitrogens is 1. The monoisotopic (exact) mass is 229 g/mol. The number of benzene rings is 1. The van der Waals surface area contributed by atoms with Crippen LogP contribution < -0.4 is 4.74 Å². The van der Waals surface area contributed by atoms with Gasteiger partial charge in [-0.3, -0.25) is 0 Å². The Morgan fingerprint density at radius 2 is 1.71 bits per heavy atom. The fourth-order valence-corrected chi connectivity index (χ4v) is 1.40. The average Bonchev–Trinajstić information content (AvgIpc) is 2.41. The molecule has 2 aromatic rings. The molecule has 0 aliphatic carbocycles. The van der Waals surface area contributed by atoms with E-state index in [0.717, 1.165) is 0 Å². The van der Waals surface area contributed by atoms with Crippen molar-refractivity contribution >= 4 is 0 Å². The highest BCUT2D eigenvalue weighted by Crippen LogP contribution is 2.03. The Labute approximate surface area is 101 Å². The van der Waals surface area contributed by atoms with E-state index in [-0.39, 0.29) is 0 Å². The van der Waals surface area contributed by atoms with Crippen LogP contribution in [0.25, 0.3) is 0 Å². The van der Waals surface area contributed by atoms with Gasteiger partial charge in [0.15, 0.2) is 0 Å². The standard InChI is InChI=1S/C14H15NO2/c1-2-6-13(7-3-1)12-16-10-11-17-14-8-4-5-9-15-14/h1-9H,10-12H2. The summed E-state index contributed by atoms with van der Waals surface area (Å²) in [6.07, 6.45) is 1.71. The molecule has 0 bridgehead atoms. The van der Waals surface area contributed by atoms with Gasteiger partial charge in [-0.2, -0.15) is 0 Å². The number of hydrogen-bond donors (Lipinski definition) is 0. The normalized spacial score (nSPS) is 10.1. The molecular formula is C14H15NO2. The van der Waals surface area contributed by atoms with Crippen LogP contribution in [0.3, 0.4) is 0 Å². The lowest BCUT2D eigenvalue weighted by molar-refractivity contribution is 0.0875. The van der Waals surface area contributed by atoms with Gasteiger partial charge >= 0.3 is 0 Å². The van der Waals surface area contributed by atoms with Crippen molar-refractivity contribution in [2.24, 2.45) is 0 Å². The molecule has 0 radical (unpaired) electrons. The first kappa shape index (κ1) is 11.6. The topological polar surface area (TPSA) is 31.4 Å². The minimum Gasteiger partial charge on any atom is -0.475 e. The van der Waals surface area contributed by atoms with Crippen LogP contribution in [-0.2, 0) is 11.3 Å². The van der Waals surface area contributed by atoms with E-state index < -0.39 is 0 Å². The van der Waals surface area contributed by atoms with Crippen LogP contribution in [0.15, 0.2) is 54.7 Å². The molecule has 1 aromatic heterocycles. The second kappa shape index (κ2) is 6.66.